The maximum atomic E-state index is 12.8. The van der Waals surface area contributed by atoms with Gasteiger partial charge in [-0.15, -0.1) is 10.2 Å². The fourth-order valence-electron chi connectivity index (χ4n) is 2.62. The molecule has 10 heteroatoms. The van der Waals surface area contributed by atoms with E-state index in [0.29, 0.717) is 22.8 Å². The van der Waals surface area contributed by atoms with Crippen molar-refractivity contribution < 1.29 is 17.9 Å². The minimum absolute atomic E-state index is 0.0129. The van der Waals surface area contributed by atoms with Crippen LogP contribution in [0.15, 0.2) is 53.7 Å². The van der Waals surface area contributed by atoms with Crippen LogP contribution >= 0.6 is 0 Å². The number of carbonyl (C=O) groups is 1. The first-order valence-electron chi connectivity index (χ1n) is 8.23. The highest BCUT2D eigenvalue weighted by Gasteiger charge is 2.18. The molecule has 0 aliphatic rings. The zero-order valence-electron chi connectivity index (χ0n) is 15.5. The molecule has 146 valence electrons. The van der Waals surface area contributed by atoms with Gasteiger partial charge >= 0.3 is 0 Å². The van der Waals surface area contributed by atoms with Crippen molar-refractivity contribution in [3.05, 3.63) is 48.8 Å². The van der Waals surface area contributed by atoms with Crippen molar-refractivity contribution in [2.75, 3.05) is 17.1 Å². The summed E-state index contributed by atoms with van der Waals surface area (Å²) in [7, 11) is -0.658. The fraction of sp³-hybridized carbons (Fsp3) is 0.167. The van der Waals surface area contributed by atoms with Gasteiger partial charge in [0.05, 0.1) is 17.7 Å². The lowest BCUT2D eigenvalue weighted by Gasteiger charge is -2.13. The van der Waals surface area contributed by atoms with Crippen LogP contribution in [0.5, 0.6) is 5.75 Å². The highest BCUT2D eigenvalue weighted by atomic mass is 32.2. The number of rotatable bonds is 6. The molecule has 1 heterocycles. The number of sulfonamides is 1. The van der Waals surface area contributed by atoms with Gasteiger partial charge in [-0.3, -0.25) is 9.52 Å². The third-order valence-electron chi connectivity index (χ3n) is 3.88. The molecule has 1 aromatic heterocycles. The topological polar surface area (TPSA) is 115 Å². The van der Waals surface area contributed by atoms with E-state index in [4.69, 9.17) is 4.74 Å². The average molecular weight is 401 g/mol. The molecule has 0 spiro atoms. The Morgan fingerprint density at radius 2 is 1.96 bits per heavy atom. The van der Waals surface area contributed by atoms with Crippen molar-refractivity contribution in [2.24, 2.45) is 7.05 Å². The smallest absolute Gasteiger partial charge is 0.261 e. The molecule has 0 unspecified atom stereocenters. The molecule has 0 fully saturated rings. The predicted octanol–water partition coefficient (Wildman–Crippen LogP) is 2.25. The van der Waals surface area contributed by atoms with Crippen LogP contribution in [0.3, 0.4) is 0 Å². The van der Waals surface area contributed by atoms with Crippen LogP contribution < -0.4 is 14.8 Å². The van der Waals surface area contributed by atoms with Gasteiger partial charge in [0.2, 0.25) is 5.91 Å². The molecular formula is C18H19N5O4S. The van der Waals surface area contributed by atoms with Crippen molar-refractivity contribution in [2.45, 2.75) is 11.8 Å². The van der Waals surface area contributed by atoms with E-state index in [-0.39, 0.29) is 16.5 Å². The van der Waals surface area contributed by atoms with Crippen molar-refractivity contribution in [1.29, 1.82) is 0 Å². The van der Waals surface area contributed by atoms with E-state index in [9.17, 15) is 13.2 Å². The summed E-state index contributed by atoms with van der Waals surface area (Å²) in [6, 6.07) is 11.1. The maximum Gasteiger partial charge on any atom is 0.261 e. The standard InChI is InChI=1S/C18H19N5O4S/c1-12(24)20-16-10-15(7-8-17(16)27-3)28(25,26)22-14-6-4-5-13(9-14)18-21-19-11-23(18)2/h4-11,22H,1-3H3,(H,20,24). The van der Waals surface area contributed by atoms with Gasteiger partial charge in [0.25, 0.3) is 10.0 Å². The second kappa shape index (κ2) is 7.69. The first kappa shape index (κ1) is 19.4. The van der Waals surface area contributed by atoms with Crippen LogP contribution in [-0.4, -0.2) is 36.2 Å². The van der Waals surface area contributed by atoms with Gasteiger partial charge in [0.15, 0.2) is 5.82 Å². The van der Waals surface area contributed by atoms with Gasteiger partial charge < -0.3 is 14.6 Å². The summed E-state index contributed by atoms with van der Waals surface area (Å²) in [5, 5.41) is 10.4. The molecule has 0 atom stereocenters. The average Bonchev–Trinajstić information content (AvgIpc) is 3.07. The number of methoxy groups -OCH3 is 1. The van der Waals surface area contributed by atoms with Gasteiger partial charge in [-0.25, -0.2) is 8.42 Å². The first-order valence-corrected chi connectivity index (χ1v) is 9.71. The Morgan fingerprint density at radius 1 is 1.18 bits per heavy atom. The second-order valence-electron chi connectivity index (χ2n) is 6.00. The van der Waals surface area contributed by atoms with Gasteiger partial charge in [0, 0.05) is 25.2 Å². The number of aryl methyl sites for hydroxylation is 1. The Hall–Kier alpha value is -3.40. The van der Waals surface area contributed by atoms with Crippen LogP contribution in [0.2, 0.25) is 0 Å². The number of amides is 1. The number of anilines is 2. The molecule has 0 saturated carbocycles. The van der Waals surface area contributed by atoms with E-state index < -0.39 is 10.0 Å². The molecule has 0 radical (unpaired) electrons. The van der Waals surface area contributed by atoms with E-state index in [0.717, 1.165) is 0 Å². The lowest BCUT2D eigenvalue weighted by atomic mass is 10.2. The van der Waals surface area contributed by atoms with Crippen LogP contribution in [0.1, 0.15) is 6.92 Å². The van der Waals surface area contributed by atoms with Gasteiger partial charge in [-0.1, -0.05) is 12.1 Å². The number of aromatic nitrogens is 3. The summed E-state index contributed by atoms with van der Waals surface area (Å²) in [5.41, 5.74) is 1.36. The largest absolute Gasteiger partial charge is 0.495 e. The molecule has 0 saturated heterocycles. The molecule has 3 aromatic rings. The maximum absolute atomic E-state index is 12.8. The Morgan fingerprint density at radius 3 is 2.61 bits per heavy atom. The van der Waals surface area contributed by atoms with Crippen LogP contribution in [-0.2, 0) is 21.9 Å². The predicted molar refractivity (Wildman–Crippen MR) is 105 cm³/mol. The van der Waals surface area contributed by atoms with Gasteiger partial charge in [-0.2, -0.15) is 0 Å². The van der Waals surface area contributed by atoms with Crippen LogP contribution in [0.25, 0.3) is 11.4 Å². The van der Waals surface area contributed by atoms with Gasteiger partial charge in [-0.05, 0) is 30.3 Å². The van der Waals surface area contributed by atoms with Gasteiger partial charge in [0.1, 0.15) is 12.1 Å². The zero-order chi connectivity index (χ0) is 20.3. The zero-order valence-corrected chi connectivity index (χ0v) is 16.3. The summed E-state index contributed by atoms with van der Waals surface area (Å²) < 4.78 is 35.0. The number of ether oxygens (including phenoxy) is 1. The molecule has 0 aliphatic heterocycles. The molecule has 0 bridgehead atoms. The normalized spacial score (nSPS) is 11.1. The summed E-state index contributed by atoms with van der Waals surface area (Å²) in [4.78, 5) is 11.4. The number of hydrogen-bond acceptors (Lipinski definition) is 6. The van der Waals surface area contributed by atoms with E-state index in [1.165, 1.54) is 32.2 Å². The van der Waals surface area contributed by atoms with E-state index >= 15 is 0 Å². The lowest BCUT2D eigenvalue weighted by Crippen LogP contribution is -2.14. The van der Waals surface area contributed by atoms with Crippen molar-refractivity contribution >= 4 is 27.3 Å². The molecule has 3 rings (SSSR count). The van der Waals surface area contributed by atoms with Crippen molar-refractivity contribution in [1.82, 2.24) is 14.8 Å². The monoisotopic (exact) mass is 401 g/mol. The molecular weight excluding hydrogens is 382 g/mol. The fourth-order valence-corrected chi connectivity index (χ4v) is 3.70. The second-order valence-corrected chi connectivity index (χ2v) is 7.68. The van der Waals surface area contributed by atoms with E-state index in [1.807, 2.05) is 6.07 Å². The van der Waals surface area contributed by atoms with Crippen LogP contribution in [0, 0.1) is 0 Å². The minimum Gasteiger partial charge on any atom is -0.495 e. The Bertz CT molecular complexity index is 1120. The quantitative estimate of drug-likeness (QED) is 0.655. The molecule has 2 N–H and O–H groups in total. The molecule has 9 nitrogen and oxygen atoms in total. The van der Waals surface area contributed by atoms with E-state index in [1.54, 1.807) is 36.1 Å². The summed E-state index contributed by atoms with van der Waals surface area (Å²) in [6.45, 7) is 1.33. The Labute approximate surface area is 162 Å². The Balaban J connectivity index is 1.92. The summed E-state index contributed by atoms with van der Waals surface area (Å²) in [6.07, 6.45) is 1.56. The Kier molecular flexibility index (Phi) is 5.32. The number of hydrogen-bond donors (Lipinski definition) is 2. The SMILES string of the molecule is COc1ccc(S(=O)(=O)Nc2cccc(-c3nncn3C)c2)cc1NC(C)=O. The molecule has 0 aliphatic carbocycles. The van der Waals surface area contributed by atoms with Crippen LogP contribution in [0.4, 0.5) is 11.4 Å². The minimum atomic E-state index is -3.89. The van der Waals surface area contributed by atoms with Crippen molar-refractivity contribution in [3.8, 4) is 17.1 Å². The highest BCUT2D eigenvalue weighted by molar-refractivity contribution is 7.92. The molecule has 28 heavy (non-hydrogen) atoms. The first-order chi connectivity index (χ1) is 13.3. The third-order valence-corrected chi connectivity index (χ3v) is 5.26. The number of nitrogens with one attached hydrogen (secondary N) is 2. The molecule has 2 aromatic carbocycles. The molecule has 1 amide bonds. The number of benzene rings is 2. The third kappa shape index (κ3) is 4.12. The van der Waals surface area contributed by atoms with Crippen molar-refractivity contribution in [3.63, 3.8) is 0 Å². The lowest BCUT2D eigenvalue weighted by molar-refractivity contribution is -0.114. The number of nitrogens with zero attached hydrogens (tertiary/aromatic N) is 3. The number of carbonyl (C=O) groups excluding carboxylic acids is 1. The summed E-state index contributed by atoms with van der Waals surface area (Å²) >= 11 is 0. The van der Waals surface area contributed by atoms with E-state index in [2.05, 4.69) is 20.2 Å². The summed E-state index contributed by atoms with van der Waals surface area (Å²) in [5.74, 6) is 0.633. The highest BCUT2D eigenvalue weighted by Crippen LogP contribution is 2.29.